The fraction of sp³-hybridized carbons (Fsp3) is 0.579. The van der Waals surface area contributed by atoms with Crippen molar-refractivity contribution in [3.63, 3.8) is 0 Å². The molecule has 0 unspecified atom stereocenters. The van der Waals surface area contributed by atoms with E-state index in [2.05, 4.69) is 22.4 Å². The Morgan fingerprint density at radius 1 is 1.28 bits per heavy atom. The lowest BCUT2D eigenvalue weighted by molar-refractivity contribution is 0.0462. The number of rotatable bonds is 4. The summed E-state index contributed by atoms with van der Waals surface area (Å²) in [5, 5.41) is 8.38. The van der Waals surface area contributed by atoms with Crippen molar-refractivity contribution < 1.29 is 9.18 Å². The van der Waals surface area contributed by atoms with E-state index in [0.717, 1.165) is 23.7 Å². The van der Waals surface area contributed by atoms with Gasteiger partial charge in [-0.1, -0.05) is 24.6 Å². The standard InChI is InChI=1S/C19H25FN4O/c1-23-14-5-4-6-15(23)12-13(11-14)21-19(25)18-16-7-2-3-8-17(16)24(22-18)10-9-20/h2-3,7-8,13-15H,4-6,9-12H2,1H3,(H,21,25)/t13-,14-,15+. The number of nitrogens with zero attached hydrogens (tertiary/aromatic N) is 3. The van der Waals surface area contributed by atoms with E-state index in [0.29, 0.717) is 17.8 Å². The second-order valence-electron chi connectivity index (χ2n) is 7.32. The van der Waals surface area contributed by atoms with Gasteiger partial charge in [-0.15, -0.1) is 0 Å². The quantitative estimate of drug-likeness (QED) is 0.928. The lowest BCUT2D eigenvalue weighted by Gasteiger charge is -2.47. The molecule has 1 aromatic heterocycles. The van der Waals surface area contributed by atoms with Crippen LogP contribution in [-0.4, -0.2) is 52.4 Å². The fourth-order valence-corrected chi connectivity index (χ4v) is 4.53. The number of carbonyl (C=O) groups is 1. The van der Waals surface area contributed by atoms with Crippen LogP contribution in [0.5, 0.6) is 0 Å². The van der Waals surface area contributed by atoms with Crippen molar-refractivity contribution in [3.8, 4) is 0 Å². The highest BCUT2D eigenvalue weighted by atomic mass is 19.1. The van der Waals surface area contributed by atoms with E-state index < -0.39 is 6.67 Å². The topological polar surface area (TPSA) is 50.2 Å². The lowest BCUT2D eigenvalue weighted by Crippen LogP contribution is -2.55. The molecule has 3 heterocycles. The molecule has 2 aromatic rings. The Morgan fingerprint density at radius 3 is 2.72 bits per heavy atom. The number of carbonyl (C=O) groups excluding carboxylic acids is 1. The van der Waals surface area contributed by atoms with Crippen LogP contribution in [0.15, 0.2) is 24.3 Å². The minimum Gasteiger partial charge on any atom is -0.348 e. The number of para-hydroxylation sites is 1. The third-order valence-electron chi connectivity index (χ3n) is 5.84. The third-order valence-corrected chi connectivity index (χ3v) is 5.84. The number of hydrogen-bond donors (Lipinski definition) is 1. The van der Waals surface area contributed by atoms with Crippen LogP contribution >= 0.6 is 0 Å². The van der Waals surface area contributed by atoms with E-state index in [1.807, 2.05) is 24.3 Å². The van der Waals surface area contributed by atoms with Crippen molar-refractivity contribution in [1.29, 1.82) is 0 Å². The first-order chi connectivity index (χ1) is 12.2. The number of aromatic nitrogens is 2. The SMILES string of the molecule is CN1[C@@H]2CCC[C@H]1C[C@H](NC(=O)c1nn(CCF)c3ccccc13)C2. The first kappa shape index (κ1) is 16.5. The molecule has 0 radical (unpaired) electrons. The number of piperidine rings is 2. The van der Waals surface area contributed by atoms with Gasteiger partial charge < -0.3 is 10.2 Å². The summed E-state index contributed by atoms with van der Waals surface area (Å²) < 4.78 is 14.4. The van der Waals surface area contributed by atoms with Crippen LogP contribution in [0.1, 0.15) is 42.6 Å². The number of halogens is 1. The van der Waals surface area contributed by atoms with Gasteiger partial charge in [-0.05, 0) is 38.8 Å². The van der Waals surface area contributed by atoms with Crippen molar-refractivity contribution in [1.82, 2.24) is 20.0 Å². The van der Waals surface area contributed by atoms with Crippen molar-refractivity contribution in [2.45, 2.75) is 56.8 Å². The van der Waals surface area contributed by atoms with Gasteiger partial charge in [0.2, 0.25) is 0 Å². The molecule has 0 saturated carbocycles. The Kier molecular flexibility index (Phi) is 4.46. The van der Waals surface area contributed by atoms with Crippen molar-refractivity contribution >= 4 is 16.8 Å². The second-order valence-corrected chi connectivity index (χ2v) is 7.32. The largest absolute Gasteiger partial charge is 0.348 e. The lowest BCUT2D eigenvalue weighted by atomic mass is 9.82. The van der Waals surface area contributed by atoms with Gasteiger partial charge in [-0.3, -0.25) is 9.48 Å². The Balaban J connectivity index is 1.54. The van der Waals surface area contributed by atoms with Gasteiger partial charge in [0, 0.05) is 23.5 Å². The normalized spacial score (nSPS) is 26.7. The van der Waals surface area contributed by atoms with Gasteiger partial charge in [0.15, 0.2) is 5.69 Å². The van der Waals surface area contributed by atoms with Crippen LogP contribution in [0.2, 0.25) is 0 Å². The second kappa shape index (κ2) is 6.75. The predicted octanol–water partition coefficient (Wildman–Crippen LogP) is 2.75. The molecule has 1 N–H and O–H groups in total. The van der Waals surface area contributed by atoms with Crippen LogP contribution in [0.4, 0.5) is 4.39 Å². The van der Waals surface area contributed by atoms with Gasteiger partial charge in [0.05, 0.1) is 12.1 Å². The minimum absolute atomic E-state index is 0.138. The molecule has 1 amide bonds. The van der Waals surface area contributed by atoms with E-state index in [1.165, 1.54) is 19.3 Å². The van der Waals surface area contributed by atoms with Gasteiger partial charge in [-0.25, -0.2) is 4.39 Å². The van der Waals surface area contributed by atoms with E-state index in [1.54, 1.807) is 4.68 Å². The van der Waals surface area contributed by atoms with E-state index in [4.69, 9.17) is 0 Å². The van der Waals surface area contributed by atoms with Crippen LogP contribution in [0, 0.1) is 0 Å². The summed E-state index contributed by atoms with van der Waals surface area (Å²) in [6, 6.07) is 8.88. The number of fused-ring (bicyclic) bond motifs is 3. The van der Waals surface area contributed by atoms with Crippen LogP contribution in [0.3, 0.4) is 0 Å². The Hall–Kier alpha value is -1.95. The summed E-state index contributed by atoms with van der Waals surface area (Å²) in [5.74, 6) is -0.138. The molecular weight excluding hydrogens is 319 g/mol. The molecule has 0 spiro atoms. The molecule has 6 heteroatoms. The molecule has 0 aliphatic carbocycles. The predicted molar refractivity (Wildman–Crippen MR) is 95.4 cm³/mol. The smallest absolute Gasteiger partial charge is 0.272 e. The highest BCUT2D eigenvalue weighted by molar-refractivity contribution is 6.05. The molecule has 3 atom stereocenters. The van der Waals surface area contributed by atoms with Crippen LogP contribution < -0.4 is 5.32 Å². The zero-order valence-electron chi connectivity index (χ0n) is 14.6. The molecule has 2 saturated heterocycles. The van der Waals surface area contributed by atoms with E-state index in [-0.39, 0.29) is 18.5 Å². The highest BCUT2D eigenvalue weighted by Gasteiger charge is 2.36. The van der Waals surface area contributed by atoms with Crippen molar-refractivity contribution in [3.05, 3.63) is 30.0 Å². The first-order valence-electron chi connectivity index (χ1n) is 9.21. The van der Waals surface area contributed by atoms with Crippen LogP contribution in [-0.2, 0) is 6.54 Å². The molecule has 2 aliphatic rings. The monoisotopic (exact) mass is 344 g/mol. The molecule has 25 heavy (non-hydrogen) atoms. The Labute approximate surface area is 147 Å². The van der Waals surface area contributed by atoms with E-state index in [9.17, 15) is 9.18 Å². The summed E-state index contributed by atoms with van der Waals surface area (Å²) in [5.41, 5.74) is 1.22. The van der Waals surface area contributed by atoms with Gasteiger partial charge in [0.1, 0.15) is 6.67 Å². The number of alkyl halides is 1. The zero-order chi connectivity index (χ0) is 17.4. The molecule has 2 aliphatic heterocycles. The Bertz CT molecular complexity index is 760. The molecule has 4 rings (SSSR count). The zero-order valence-corrected chi connectivity index (χ0v) is 14.6. The number of amides is 1. The highest BCUT2D eigenvalue weighted by Crippen LogP contribution is 2.32. The summed E-state index contributed by atoms with van der Waals surface area (Å²) in [4.78, 5) is 15.3. The van der Waals surface area contributed by atoms with Gasteiger partial charge >= 0.3 is 0 Å². The van der Waals surface area contributed by atoms with Crippen LogP contribution in [0.25, 0.3) is 10.9 Å². The number of aryl methyl sites for hydroxylation is 1. The maximum atomic E-state index is 12.9. The molecule has 2 fully saturated rings. The first-order valence-corrected chi connectivity index (χ1v) is 9.21. The van der Waals surface area contributed by atoms with E-state index >= 15 is 0 Å². The third kappa shape index (κ3) is 3.03. The number of benzene rings is 1. The average molecular weight is 344 g/mol. The summed E-state index contributed by atoms with van der Waals surface area (Å²) in [7, 11) is 2.21. The molecular formula is C19H25FN4O. The summed E-state index contributed by atoms with van der Waals surface area (Å²) >= 11 is 0. The number of nitrogens with one attached hydrogen (secondary N) is 1. The van der Waals surface area contributed by atoms with Gasteiger partial charge in [-0.2, -0.15) is 5.10 Å². The van der Waals surface area contributed by atoms with Crippen molar-refractivity contribution in [2.75, 3.05) is 13.7 Å². The van der Waals surface area contributed by atoms with Crippen molar-refractivity contribution in [2.24, 2.45) is 0 Å². The summed E-state index contributed by atoms with van der Waals surface area (Å²) in [6.07, 6.45) is 5.73. The maximum Gasteiger partial charge on any atom is 0.272 e. The summed E-state index contributed by atoms with van der Waals surface area (Å²) in [6.45, 7) is -0.322. The average Bonchev–Trinajstić information content (AvgIpc) is 2.95. The fourth-order valence-electron chi connectivity index (χ4n) is 4.53. The molecule has 5 nitrogen and oxygen atoms in total. The molecule has 1 aromatic carbocycles. The molecule has 2 bridgehead atoms. The minimum atomic E-state index is -0.495. The Morgan fingerprint density at radius 2 is 2.00 bits per heavy atom. The van der Waals surface area contributed by atoms with Gasteiger partial charge in [0.25, 0.3) is 5.91 Å². The number of hydrogen-bond acceptors (Lipinski definition) is 3. The molecule has 134 valence electrons. The maximum absolute atomic E-state index is 12.9.